The van der Waals surface area contributed by atoms with Crippen LogP contribution in [-0.4, -0.2) is 25.9 Å². The number of benzene rings is 1. The molecule has 0 radical (unpaired) electrons. The minimum atomic E-state index is -0.355. The summed E-state index contributed by atoms with van der Waals surface area (Å²) < 4.78 is 1.58. The van der Waals surface area contributed by atoms with Crippen molar-refractivity contribution in [1.29, 1.82) is 0 Å². The molecule has 0 bridgehead atoms. The van der Waals surface area contributed by atoms with Gasteiger partial charge in [0.05, 0.1) is 11.0 Å². The number of para-hydroxylation sites is 2. The lowest BCUT2D eigenvalue weighted by molar-refractivity contribution is 0.260. The Morgan fingerprint density at radius 1 is 1.33 bits per heavy atom. The third-order valence-corrected chi connectivity index (χ3v) is 3.53. The fourth-order valence-corrected chi connectivity index (χ4v) is 2.31. The van der Waals surface area contributed by atoms with Crippen LogP contribution in [0.1, 0.15) is 24.5 Å². The van der Waals surface area contributed by atoms with Crippen LogP contribution in [0, 0.1) is 0 Å². The fourth-order valence-electron chi connectivity index (χ4n) is 2.31. The van der Waals surface area contributed by atoms with E-state index < -0.39 is 0 Å². The number of hydrogen-bond acceptors (Lipinski definition) is 3. The van der Waals surface area contributed by atoms with E-state index in [1.165, 1.54) is 12.8 Å². The Morgan fingerprint density at radius 2 is 2.19 bits per heavy atom. The number of hydrogen-bond donors (Lipinski definition) is 3. The van der Waals surface area contributed by atoms with Gasteiger partial charge >= 0.3 is 6.03 Å². The highest BCUT2D eigenvalue weighted by Crippen LogP contribution is 2.39. The van der Waals surface area contributed by atoms with Crippen molar-refractivity contribution < 1.29 is 4.79 Å². The molecular formula is C14H14N6O. The zero-order valence-electron chi connectivity index (χ0n) is 11.2. The number of carbonyl (C=O) groups excluding carboxylic acids is 1. The van der Waals surface area contributed by atoms with Crippen LogP contribution in [0.5, 0.6) is 0 Å². The van der Waals surface area contributed by atoms with Gasteiger partial charge in [-0.2, -0.15) is 5.10 Å². The normalized spacial score (nSPS) is 14.3. The van der Waals surface area contributed by atoms with Gasteiger partial charge in [-0.05, 0) is 25.0 Å². The van der Waals surface area contributed by atoms with Gasteiger partial charge in [0.25, 0.3) is 0 Å². The number of anilines is 1. The third-order valence-electron chi connectivity index (χ3n) is 3.53. The topological polar surface area (TPSA) is 87.6 Å². The number of aromatic nitrogens is 4. The maximum Gasteiger partial charge on any atom is 0.339 e. The number of urea groups is 1. The van der Waals surface area contributed by atoms with Gasteiger partial charge in [0.1, 0.15) is 6.33 Å². The number of nitrogens with zero attached hydrogens (tertiary/aromatic N) is 3. The zero-order chi connectivity index (χ0) is 14.2. The van der Waals surface area contributed by atoms with Crippen molar-refractivity contribution in [3.8, 4) is 0 Å². The highest BCUT2D eigenvalue weighted by atomic mass is 16.2. The Bertz CT molecular complexity index is 801. The summed E-state index contributed by atoms with van der Waals surface area (Å²) in [5.74, 6) is 1.10. The lowest BCUT2D eigenvalue weighted by Crippen LogP contribution is -2.27. The van der Waals surface area contributed by atoms with Crippen molar-refractivity contribution in [3.63, 3.8) is 0 Å². The van der Waals surface area contributed by atoms with E-state index in [9.17, 15) is 4.79 Å². The van der Waals surface area contributed by atoms with Crippen molar-refractivity contribution in [3.05, 3.63) is 42.4 Å². The maximum atomic E-state index is 12.0. The predicted octanol–water partition coefficient (Wildman–Crippen LogP) is 2.41. The summed E-state index contributed by atoms with van der Waals surface area (Å²) in [6, 6.07) is 9.11. The summed E-state index contributed by atoms with van der Waals surface area (Å²) in [6.07, 6.45) is 3.95. The number of carbonyl (C=O) groups is 1. The number of rotatable bonds is 3. The molecule has 1 aliphatic rings. The Labute approximate surface area is 120 Å². The molecule has 106 valence electrons. The molecule has 4 rings (SSSR count). The van der Waals surface area contributed by atoms with Crippen molar-refractivity contribution in [2.75, 3.05) is 10.7 Å². The van der Waals surface area contributed by atoms with Crippen molar-refractivity contribution >= 4 is 22.9 Å². The zero-order valence-corrected chi connectivity index (χ0v) is 11.2. The van der Waals surface area contributed by atoms with Crippen molar-refractivity contribution in [2.24, 2.45) is 0 Å². The van der Waals surface area contributed by atoms with Gasteiger partial charge < -0.3 is 0 Å². The standard InChI is InChI=1S/C14H14N6O/c21-14(16-13-7-11(17-18-13)9-5-6-9)19-20-8-15-10-3-1-2-4-12(10)20/h1-4,7-9H,5-6H2,(H3,16,17,18,19,21). The minimum Gasteiger partial charge on any atom is -0.289 e. The molecule has 7 heteroatoms. The largest absolute Gasteiger partial charge is 0.339 e. The molecule has 1 fully saturated rings. The van der Waals surface area contributed by atoms with E-state index >= 15 is 0 Å². The molecule has 2 amide bonds. The quantitative estimate of drug-likeness (QED) is 0.689. The molecule has 0 atom stereocenters. The van der Waals surface area contributed by atoms with Crippen LogP contribution < -0.4 is 10.7 Å². The van der Waals surface area contributed by atoms with Gasteiger partial charge in [-0.15, -0.1) is 0 Å². The molecule has 0 saturated heterocycles. The van der Waals surface area contributed by atoms with Gasteiger partial charge in [0.15, 0.2) is 5.82 Å². The van der Waals surface area contributed by atoms with Gasteiger partial charge in [0, 0.05) is 17.7 Å². The molecule has 21 heavy (non-hydrogen) atoms. The highest BCUT2D eigenvalue weighted by molar-refractivity contribution is 5.95. The molecule has 1 saturated carbocycles. The van der Waals surface area contributed by atoms with Gasteiger partial charge in [-0.1, -0.05) is 12.1 Å². The summed E-state index contributed by atoms with van der Waals surface area (Å²) in [7, 11) is 0. The first kappa shape index (κ1) is 12.0. The molecule has 3 N–H and O–H groups in total. The fraction of sp³-hybridized carbons (Fsp3) is 0.214. The van der Waals surface area contributed by atoms with Crippen molar-refractivity contribution in [1.82, 2.24) is 19.9 Å². The van der Waals surface area contributed by atoms with Crippen molar-refractivity contribution in [2.45, 2.75) is 18.8 Å². The van der Waals surface area contributed by atoms with E-state index in [-0.39, 0.29) is 6.03 Å². The van der Waals surface area contributed by atoms with E-state index in [2.05, 4.69) is 25.9 Å². The second kappa shape index (κ2) is 4.62. The molecule has 0 spiro atoms. The maximum absolute atomic E-state index is 12.0. The molecule has 2 aromatic heterocycles. The first-order valence-corrected chi connectivity index (χ1v) is 6.85. The molecule has 0 unspecified atom stereocenters. The van der Waals surface area contributed by atoms with Crippen LogP contribution in [-0.2, 0) is 0 Å². The van der Waals surface area contributed by atoms with E-state index in [1.807, 2.05) is 30.3 Å². The van der Waals surface area contributed by atoms with E-state index in [0.717, 1.165) is 16.7 Å². The van der Waals surface area contributed by atoms with Crippen LogP contribution in [0.2, 0.25) is 0 Å². The minimum absolute atomic E-state index is 0.355. The lowest BCUT2D eigenvalue weighted by atomic mass is 10.3. The molecular weight excluding hydrogens is 268 g/mol. The summed E-state index contributed by atoms with van der Waals surface area (Å²) in [5, 5.41) is 9.74. The number of H-pyrrole nitrogens is 1. The molecule has 2 heterocycles. The lowest BCUT2D eigenvalue weighted by Gasteiger charge is -2.06. The number of aromatic amines is 1. The second-order valence-corrected chi connectivity index (χ2v) is 5.15. The molecule has 0 aliphatic heterocycles. The van der Waals surface area contributed by atoms with Gasteiger partial charge in [0.2, 0.25) is 0 Å². The van der Waals surface area contributed by atoms with Crippen LogP contribution in [0.4, 0.5) is 10.6 Å². The number of imidazole rings is 1. The van der Waals surface area contributed by atoms with Crippen LogP contribution in [0.25, 0.3) is 11.0 Å². The first-order valence-electron chi connectivity index (χ1n) is 6.85. The van der Waals surface area contributed by atoms with E-state index in [4.69, 9.17) is 0 Å². The Hall–Kier alpha value is -2.83. The molecule has 3 aromatic rings. The molecule has 1 aromatic carbocycles. The van der Waals surface area contributed by atoms with Gasteiger partial charge in [-0.25, -0.2) is 19.9 Å². The van der Waals surface area contributed by atoms with Crippen LogP contribution >= 0.6 is 0 Å². The average molecular weight is 282 g/mol. The second-order valence-electron chi connectivity index (χ2n) is 5.15. The molecule has 1 aliphatic carbocycles. The summed E-state index contributed by atoms with van der Waals surface area (Å²) in [4.78, 5) is 16.2. The Morgan fingerprint density at radius 3 is 3.05 bits per heavy atom. The average Bonchev–Trinajstić information content (AvgIpc) is 3.12. The van der Waals surface area contributed by atoms with E-state index in [0.29, 0.717) is 11.7 Å². The monoisotopic (exact) mass is 282 g/mol. The Kier molecular flexibility index (Phi) is 2.63. The van der Waals surface area contributed by atoms with E-state index in [1.54, 1.807) is 11.0 Å². The molecule has 7 nitrogen and oxygen atoms in total. The number of amides is 2. The first-order chi connectivity index (χ1) is 10.3. The summed E-state index contributed by atoms with van der Waals surface area (Å²) in [6.45, 7) is 0. The summed E-state index contributed by atoms with van der Waals surface area (Å²) in [5.41, 5.74) is 5.47. The predicted molar refractivity (Wildman–Crippen MR) is 78.7 cm³/mol. The third kappa shape index (κ3) is 2.33. The number of fused-ring (bicyclic) bond motifs is 1. The van der Waals surface area contributed by atoms with Crippen LogP contribution in [0.15, 0.2) is 36.7 Å². The Balaban J connectivity index is 1.47. The van der Waals surface area contributed by atoms with Crippen LogP contribution in [0.3, 0.4) is 0 Å². The highest BCUT2D eigenvalue weighted by Gasteiger charge is 2.25. The van der Waals surface area contributed by atoms with Gasteiger partial charge in [-0.3, -0.25) is 10.4 Å². The summed E-state index contributed by atoms with van der Waals surface area (Å²) >= 11 is 0. The SMILES string of the molecule is O=C(Nc1cc(C2CC2)[nH]n1)Nn1cnc2ccccc21. The number of nitrogens with one attached hydrogen (secondary N) is 3. The smallest absolute Gasteiger partial charge is 0.289 e.